The van der Waals surface area contributed by atoms with Gasteiger partial charge in [-0.25, -0.2) is 15.0 Å². The van der Waals surface area contributed by atoms with Crippen LogP contribution in [0.2, 0.25) is 0 Å². The minimum Gasteiger partial charge on any atom is -0.436 e. The first-order valence-corrected chi connectivity index (χ1v) is 43.5. The zero-order valence-corrected chi connectivity index (χ0v) is 70.5. The van der Waals surface area contributed by atoms with Gasteiger partial charge in [-0.2, -0.15) is 0 Å². The summed E-state index contributed by atoms with van der Waals surface area (Å²) in [5, 5.41) is 5.19. The van der Waals surface area contributed by atoms with Gasteiger partial charge in [-0.05, 0) is 256 Å². The third kappa shape index (κ3) is 12.8. The molecule has 0 unspecified atom stereocenters. The average Bonchev–Trinajstić information content (AvgIpc) is 1.52. The number of nitrogens with zero attached hydrogens (tertiary/aromatic N) is 3. The smallest absolute Gasteiger partial charge is 0.436 e. The molecule has 582 valence electrons. The summed E-state index contributed by atoms with van der Waals surface area (Å²) in [5.74, 6) is 1.89. The Balaban J connectivity index is 0.000000128. The number of benzene rings is 16. The van der Waals surface area contributed by atoms with Crippen molar-refractivity contribution in [2.75, 3.05) is 0 Å². The third-order valence-corrected chi connectivity index (χ3v) is 27.9. The van der Waals surface area contributed by atoms with Crippen LogP contribution in [0.4, 0.5) is 0 Å². The standard InChI is InChI=1S/C57H34N2O2S.C31H18Br2S.C19H20BNO3.CH4/c1-3-11-41(12-4-1)57(42-13-5-2-6-14-42)47-31-39(35-19-23-37(24-20-35)55-58-49-15-7-9-17-51(49)60-55)27-29-43(47)45-34-54-46(33-48(45)57)44-30-28-40(32-53(44)62-54)36-21-25-38(26-22-36)56-59-50-16-8-10-18-52(50)61-56;32-21-11-13-23-25-18-30-26(24-14-12-22(33)16-29(24)34-30)17-28(25)31(27(23)15-21,19-7-3-1-4-8-19)20-9-5-2-6-10-20;1-18(2)19(3,4)24-20(23-18)14-11-9-13(10-12-14)17-21-15-7-5-6-8-16(15)22-17;/h1-34H;1-18H;5-12H,1-4H3;1H4. The number of thiophene rings is 2. The van der Waals surface area contributed by atoms with Crippen LogP contribution in [0, 0.1) is 0 Å². The molecule has 2 aliphatic carbocycles. The first-order chi connectivity index (χ1) is 58.7. The van der Waals surface area contributed by atoms with Gasteiger partial charge in [0.15, 0.2) is 16.7 Å². The predicted molar refractivity (Wildman–Crippen MR) is 507 cm³/mol. The van der Waals surface area contributed by atoms with Crippen LogP contribution >= 0.6 is 54.5 Å². The van der Waals surface area contributed by atoms with Crippen LogP contribution in [0.3, 0.4) is 0 Å². The molecule has 24 rings (SSSR count). The van der Waals surface area contributed by atoms with E-state index in [4.69, 9.17) is 32.5 Å². The molecule has 5 aromatic heterocycles. The number of aromatic nitrogens is 3. The Morgan fingerprint density at radius 3 is 1.02 bits per heavy atom. The first kappa shape index (κ1) is 75.8. The van der Waals surface area contributed by atoms with Gasteiger partial charge in [0.2, 0.25) is 17.7 Å². The van der Waals surface area contributed by atoms with E-state index in [0.29, 0.717) is 17.7 Å². The molecule has 0 saturated carbocycles. The van der Waals surface area contributed by atoms with Crippen molar-refractivity contribution >= 4 is 141 Å². The number of hydrogen-bond acceptors (Lipinski definition) is 10. The maximum absolute atomic E-state index is 6.11. The van der Waals surface area contributed by atoms with Crippen molar-refractivity contribution in [2.24, 2.45) is 0 Å². The summed E-state index contributed by atoms with van der Waals surface area (Å²) in [4.78, 5) is 14.0. The highest BCUT2D eigenvalue weighted by molar-refractivity contribution is 9.10. The minimum absolute atomic E-state index is 0. The van der Waals surface area contributed by atoms with E-state index in [2.05, 4.69) is 331 Å². The normalized spacial score (nSPS) is 14.3. The summed E-state index contributed by atoms with van der Waals surface area (Å²) < 4.78 is 37.6. The molecule has 0 N–H and O–H groups in total. The molecule has 3 aliphatic rings. The molecule has 6 heterocycles. The number of hydrogen-bond donors (Lipinski definition) is 0. The van der Waals surface area contributed by atoms with Crippen molar-refractivity contribution in [1.82, 2.24) is 15.0 Å². The van der Waals surface area contributed by atoms with E-state index < -0.39 is 5.41 Å². The molecule has 0 spiro atoms. The number of fused-ring (bicyclic) bond motifs is 15. The van der Waals surface area contributed by atoms with Crippen LogP contribution in [0.5, 0.6) is 0 Å². The summed E-state index contributed by atoms with van der Waals surface area (Å²) >= 11 is 11.2. The van der Waals surface area contributed by atoms with E-state index >= 15 is 0 Å². The Kier molecular flexibility index (Phi) is 18.7. The lowest BCUT2D eigenvalue weighted by molar-refractivity contribution is 0.00578. The number of para-hydroxylation sites is 6. The Labute approximate surface area is 725 Å². The molecular weight excluding hydrogens is 1650 g/mol. The molecule has 13 heteroatoms. The van der Waals surface area contributed by atoms with E-state index in [1.54, 1.807) is 0 Å². The van der Waals surface area contributed by atoms with Crippen LogP contribution in [0.1, 0.15) is 79.6 Å². The Bertz CT molecular complexity index is 7380. The summed E-state index contributed by atoms with van der Waals surface area (Å²) in [7, 11) is -0.354. The lowest BCUT2D eigenvalue weighted by Gasteiger charge is -2.34. The van der Waals surface area contributed by atoms with Crippen molar-refractivity contribution in [3.05, 3.63) is 417 Å². The second-order valence-electron chi connectivity index (χ2n) is 32.1. The Morgan fingerprint density at radius 1 is 0.273 bits per heavy atom. The van der Waals surface area contributed by atoms with Gasteiger partial charge in [0, 0.05) is 66.0 Å². The third-order valence-electron chi connectivity index (χ3n) is 24.7. The molecule has 0 radical (unpaired) electrons. The minimum atomic E-state index is -0.542. The topological polar surface area (TPSA) is 96.6 Å². The predicted octanol–water partition coefficient (Wildman–Crippen LogP) is 29.7. The van der Waals surface area contributed by atoms with Crippen LogP contribution < -0.4 is 5.46 Å². The zero-order valence-electron chi connectivity index (χ0n) is 65.7. The lowest BCUT2D eigenvalue weighted by atomic mass is 9.67. The molecule has 1 aliphatic heterocycles. The van der Waals surface area contributed by atoms with Crippen molar-refractivity contribution in [3.8, 4) is 78.9 Å². The maximum atomic E-state index is 6.11. The van der Waals surface area contributed by atoms with Gasteiger partial charge < -0.3 is 22.6 Å². The molecule has 121 heavy (non-hydrogen) atoms. The lowest BCUT2D eigenvalue weighted by Crippen LogP contribution is -2.41. The zero-order chi connectivity index (χ0) is 80.6. The molecule has 21 aromatic rings. The van der Waals surface area contributed by atoms with Crippen molar-refractivity contribution in [1.29, 1.82) is 0 Å². The van der Waals surface area contributed by atoms with Gasteiger partial charge in [0.25, 0.3) is 0 Å². The van der Waals surface area contributed by atoms with E-state index in [9.17, 15) is 0 Å². The summed E-state index contributed by atoms with van der Waals surface area (Å²) in [6, 6.07) is 130. The highest BCUT2D eigenvalue weighted by Crippen LogP contribution is 2.61. The molecule has 0 amide bonds. The molecule has 1 fully saturated rings. The van der Waals surface area contributed by atoms with E-state index in [1.165, 1.54) is 118 Å². The van der Waals surface area contributed by atoms with Gasteiger partial charge in [-0.1, -0.05) is 270 Å². The van der Waals surface area contributed by atoms with E-state index in [-0.39, 0.29) is 31.2 Å². The van der Waals surface area contributed by atoms with Crippen LogP contribution in [-0.4, -0.2) is 33.3 Å². The Morgan fingerprint density at radius 2 is 0.587 bits per heavy atom. The van der Waals surface area contributed by atoms with Crippen molar-refractivity contribution in [2.45, 2.75) is 57.2 Å². The molecular formula is C108H76BBr2N3O5S2. The van der Waals surface area contributed by atoms with Gasteiger partial charge in [0.1, 0.15) is 16.6 Å². The number of oxazole rings is 3. The molecule has 0 atom stereocenters. The number of halogens is 2. The fourth-order valence-corrected chi connectivity index (χ4v) is 21.4. The van der Waals surface area contributed by atoms with Crippen LogP contribution in [0.15, 0.2) is 386 Å². The Hall–Kier alpha value is -12.7. The molecule has 8 nitrogen and oxygen atoms in total. The van der Waals surface area contributed by atoms with Gasteiger partial charge in [0.05, 0.1) is 22.0 Å². The second kappa shape index (κ2) is 29.9. The van der Waals surface area contributed by atoms with Crippen molar-refractivity contribution < 1.29 is 22.6 Å². The summed E-state index contributed by atoms with van der Waals surface area (Å²) in [6.45, 7) is 8.22. The SMILES string of the molecule is Brc1ccc2c(c1)C(c1ccccc1)(c1ccccc1)c1cc3c(cc1-2)sc1cc(Br)ccc13.C.CC1(C)OB(c2ccc(-c3nc4ccccc4o3)cc2)OC1(C)C.c1ccc(C2(c3ccccc3)c3cc(-c4ccc(-c5nc6ccccc6o5)cc4)ccc3-c3cc4sc5cc(-c6ccc(-c7nc8ccccc8o7)cc6)ccc5c4cc32)cc1. The largest absolute Gasteiger partial charge is 0.494 e. The van der Waals surface area contributed by atoms with Gasteiger partial charge in [-0.15, -0.1) is 22.7 Å². The molecule has 0 bridgehead atoms. The maximum Gasteiger partial charge on any atom is 0.494 e. The summed E-state index contributed by atoms with van der Waals surface area (Å²) in [6.07, 6.45) is 0. The van der Waals surface area contributed by atoms with Gasteiger partial charge in [-0.3, -0.25) is 0 Å². The average molecular weight is 1730 g/mol. The molecule has 16 aromatic carbocycles. The molecule has 1 saturated heterocycles. The highest BCUT2D eigenvalue weighted by atomic mass is 79.9. The fourth-order valence-electron chi connectivity index (χ4n) is 18.2. The highest BCUT2D eigenvalue weighted by Gasteiger charge is 2.52. The first-order valence-electron chi connectivity index (χ1n) is 40.3. The second-order valence-corrected chi connectivity index (χ2v) is 36.1. The van der Waals surface area contributed by atoms with E-state index in [0.717, 1.165) is 75.5 Å². The quantitative estimate of drug-likeness (QED) is 0.125. The van der Waals surface area contributed by atoms with Crippen LogP contribution in [0.25, 0.3) is 153 Å². The monoisotopic (exact) mass is 1730 g/mol. The fraction of sp³-hybridized carbons (Fsp3) is 0.0833. The van der Waals surface area contributed by atoms with Crippen LogP contribution in [-0.2, 0) is 20.1 Å². The van der Waals surface area contributed by atoms with E-state index in [1.807, 2.05) is 120 Å². The van der Waals surface area contributed by atoms with Crippen molar-refractivity contribution in [3.63, 3.8) is 0 Å². The number of rotatable bonds is 10. The summed E-state index contributed by atoms with van der Waals surface area (Å²) in [5.41, 5.74) is 27.4. The van der Waals surface area contributed by atoms with Gasteiger partial charge >= 0.3 is 7.12 Å².